The molecule has 1 aliphatic rings. The summed E-state index contributed by atoms with van der Waals surface area (Å²) in [6.45, 7) is 23.3. The Morgan fingerprint density at radius 1 is 0.788 bits per heavy atom. The summed E-state index contributed by atoms with van der Waals surface area (Å²) in [4.78, 5) is 0. The van der Waals surface area contributed by atoms with Crippen LogP contribution in [-0.2, 0) is 5.41 Å². The smallest absolute Gasteiger partial charge is 0.156 e. The van der Waals surface area contributed by atoms with Crippen molar-refractivity contribution in [1.29, 1.82) is 0 Å². The fourth-order valence-corrected chi connectivity index (χ4v) is 7.31. The average molecular weight is 446 g/mol. The summed E-state index contributed by atoms with van der Waals surface area (Å²) in [6.07, 6.45) is 0. The molecule has 0 amide bonds. The van der Waals surface area contributed by atoms with E-state index in [4.69, 9.17) is 0 Å². The maximum absolute atomic E-state index is 2.44. The zero-order valence-electron chi connectivity index (χ0n) is 22.6. The van der Waals surface area contributed by atoms with Crippen LogP contribution in [0.15, 0.2) is 64.8 Å². The van der Waals surface area contributed by atoms with Gasteiger partial charge in [0.2, 0.25) is 0 Å². The molecule has 167 valence electrons. The van der Waals surface area contributed by atoms with E-state index in [1.165, 1.54) is 60.9 Å². The van der Waals surface area contributed by atoms with Gasteiger partial charge in [-0.15, -0.1) is 28.5 Å². The molecule has 33 heavy (non-hydrogen) atoms. The molecule has 0 nitrogen and oxygen atoms in total. The Kier molecular flexibility index (Phi) is 7.22. The number of fused-ring (bicyclic) bond motifs is 1. The van der Waals surface area contributed by atoms with E-state index >= 15 is 0 Å². The van der Waals surface area contributed by atoms with Crippen LogP contribution in [0.1, 0.15) is 71.1 Å². The Morgan fingerprint density at radius 2 is 1.33 bits per heavy atom. The monoisotopic (exact) mass is 445 g/mol. The number of hydrogen-bond acceptors (Lipinski definition) is 0. The van der Waals surface area contributed by atoms with Gasteiger partial charge in [-0.05, 0) is 60.9 Å². The fourth-order valence-electron chi connectivity index (χ4n) is 5.68. The molecule has 0 saturated carbocycles. The molecule has 3 aromatic rings. The van der Waals surface area contributed by atoms with E-state index < -0.39 is 8.80 Å². The molecule has 0 heterocycles. The largest absolute Gasteiger partial charge is 1.00 e. The van der Waals surface area contributed by atoms with E-state index in [2.05, 4.69) is 111 Å². The summed E-state index contributed by atoms with van der Waals surface area (Å²) < 4.78 is 0. The van der Waals surface area contributed by atoms with Crippen molar-refractivity contribution >= 4 is 24.8 Å². The minimum atomic E-state index is -0.596. The molecular weight excluding hydrogens is 407 g/mol. The zero-order chi connectivity index (χ0) is 23.5. The molecular formula is C31H38LiSi. The van der Waals surface area contributed by atoms with Crippen LogP contribution >= 0.6 is 0 Å². The van der Waals surface area contributed by atoms with Gasteiger partial charge in [-0.25, -0.2) is 0 Å². The molecule has 0 N–H and O–H groups in total. The van der Waals surface area contributed by atoms with E-state index in [9.17, 15) is 0 Å². The van der Waals surface area contributed by atoms with Crippen LogP contribution in [0, 0.1) is 6.92 Å². The quantitative estimate of drug-likeness (QED) is 0.365. The predicted molar refractivity (Wildman–Crippen MR) is 145 cm³/mol. The van der Waals surface area contributed by atoms with Crippen molar-refractivity contribution in [3.8, 4) is 11.1 Å². The average Bonchev–Trinajstić information content (AvgIpc) is 3.16. The maximum Gasteiger partial charge on any atom is 1.00 e. The van der Waals surface area contributed by atoms with Crippen LogP contribution in [0.3, 0.4) is 0 Å². The normalized spacial score (nSPS) is 15.2. The molecule has 0 atom stereocenters. The number of hydrogen-bond donors (Lipinski definition) is 0. The van der Waals surface area contributed by atoms with Gasteiger partial charge in [-0.1, -0.05) is 87.8 Å². The first-order valence-electron chi connectivity index (χ1n) is 11.9. The van der Waals surface area contributed by atoms with E-state index in [1.807, 2.05) is 0 Å². The topological polar surface area (TPSA) is 0 Å². The molecule has 0 saturated heterocycles. The van der Waals surface area contributed by atoms with E-state index in [0.29, 0.717) is 5.92 Å². The van der Waals surface area contributed by atoms with Crippen molar-refractivity contribution in [2.75, 3.05) is 0 Å². The molecule has 0 fully saturated rings. The molecule has 0 aliphatic heterocycles. The Labute approximate surface area is 215 Å². The SMILES string of the molecule is CC1=C(C)C(c2ccc3[cH-]c(C)c([Si](C)C)c3c2-c2ccc(C(C)(C)C)cc2)C(C)=C1C.[Li+]. The van der Waals surface area contributed by atoms with Gasteiger partial charge >= 0.3 is 18.9 Å². The van der Waals surface area contributed by atoms with Gasteiger partial charge in [-0.3, -0.25) is 0 Å². The Balaban J connectivity index is 0.00000306. The van der Waals surface area contributed by atoms with Gasteiger partial charge in [0.25, 0.3) is 0 Å². The summed E-state index contributed by atoms with van der Waals surface area (Å²) in [6, 6.07) is 16.6. The van der Waals surface area contributed by atoms with Crippen LogP contribution in [0.25, 0.3) is 21.9 Å². The Hall–Kier alpha value is -1.66. The third-order valence-electron chi connectivity index (χ3n) is 7.75. The second-order valence-corrected chi connectivity index (χ2v) is 13.6. The predicted octanol–water partition coefficient (Wildman–Crippen LogP) is 5.57. The van der Waals surface area contributed by atoms with Crippen LogP contribution in [0.5, 0.6) is 0 Å². The molecule has 0 spiro atoms. The standard InChI is InChI=1S/C31H38Si.Li/c1-18-17-24-13-16-26(27-21(4)19(2)20(3)22(27)5)28(29(24)30(18)32(9)10)23-11-14-25(15-12-23)31(6,7)8;/h11-17,27H,1-10H3;/q-1;+1. The Bertz CT molecular complexity index is 1230. The summed E-state index contributed by atoms with van der Waals surface area (Å²) in [5.74, 6) is 0.379. The number of aryl methyl sites for hydroxylation is 1. The minimum absolute atomic E-state index is 0. The summed E-state index contributed by atoms with van der Waals surface area (Å²) in [7, 11) is -0.596. The molecule has 0 aromatic heterocycles. The first-order valence-corrected chi connectivity index (χ1v) is 14.4. The van der Waals surface area contributed by atoms with E-state index in [0.717, 1.165) is 0 Å². The summed E-state index contributed by atoms with van der Waals surface area (Å²) in [5.41, 5.74) is 13.3. The first-order chi connectivity index (χ1) is 14.9. The third-order valence-corrected chi connectivity index (χ3v) is 9.39. The molecule has 4 rings (SSSR count). The molecule has 1 radical (unpaired) electrons. The second-order valence-electron chi connectivity index (χ2n) is 11.1. The maximum atomic E-state index is 2.44. The van der Waals surface area contributed by atoms with E-state index in [1.54, 1.807) is 5.19 Å². The summed E-state index contributed by atoms with van der Waals surface area (Å²) in [5, 5.41) is 4.51. The number of benzene rings is 2. The van der Waals surface area contributed by atoms with Crippen molar-refractivity contribution in [1.82, 2.24) is 0 Å². The third kappa shape index (κ3) is 4.29. The molecule has 2 heteroatoms. The van der Waals surface area contributed by atoms with Crippen molar-refractivity contribution in [3.05, 3.63) is 81.4 Å². The molecule has 0 bridgehead atoms. The van der Waals surface area contributed by atoms with Gasteiger partial charge < -0.3 is 0 Å². The van der Waals surface area contributed by atoms with Gasteiger partial charge in [0.05, 0.1) is 0 Å². The van der Waals surface area contributed by atoms with Gasteiger partial charge in [0, 0.05) is 14.7 Å². The van der Waals surface area contributed by atoms with Crippen molar-refractivity contribution in [3.63, 3.8) is 0 Å². The zero-order valence-corrected chi connectivity index (χ0v) is 23.6. The van der Waals surface area contributed by atoms with Crippen LogP contribution in [-0.4, -0.2) is 8.80 Å². The van der Waals surface area contributed by atoms with Gasteiger partial charge in [0.1, 0.15) is 0 Å². The van der Waals surface area contributed by atoms with Crippen molar-refractivity contribution in [2.24, 2.45) is 0 Å². The number of allylic oxidation sites excluding steroid dienone is 4. The van der Waals surface area contributed by atoms with Crippen molar-refractivity contribution in [2.45, 2.75) is 79.8 Å². The van der Waals surface area contributed by atoms with Crippen molar-refractivity contribution < 1.29 is 18.9 Å². The Morgan fingerprint density at radius 3 is 1.82 bits per heavy atom. The second kappa shape index (κ2) is 9.18. The fraction of sp³-hybridized carbons (Fsp3) is 0.387. The summed E-state index contributed by atoms with van der Waals surface area (Å²) >= 11 is 0. The van der Waals surface area contributed by atoms with Gasteiger partial charge in [-0.2, -0.15) is 5.19 Å². The van der Waals surface area contributed by atoms with E-state index in [-0.39, 0.29) is 24.3 Å². The molecule has 0 unspecified atom stereocenters. The first kappa shape index (κ1) is 26.0. The molecule has 1 aliphatic carbocycles. The minimum Gasteiger partial charge on any atom is -0.156 e. The molecule has 3 aromatic carbocycles. The van der Waals surface area contributed by atoms with Crippen LogP contribution < -0.4 is 24.0 Å². The van der Waals surface area contributed by atoms with Crippen LogP contribution in [0.2, 0.25) is 13.1 Å². The number of rotatable bonds is 3. The van der Waals surface area contributed by atoms with Gasteiger partial charge in [0.15, 0.2) is 0 Å². The van der Waals surface area contributed by atoms with Crippen LogP contribution in [0.4, 0.5) is 0 Å².